The Kier molecular flexibility index (Phi) is 5.80. The lowest BCUT2D eigenvalue weighted by Crippen LogP contribution is -2.22. The fourth-order valence-electron chi connectivity index (χ4n) is 1.50. The van der Waals surface area contributed by atoms with E-state index in [-0.39, 0.29) is 12.5 Å². The molecule has 1 rings (SSSR count). The molecule has 2 N–H and O–H groups in total. The number of hydrogen-bond donors (Lipinski definition) is 2. The molecule has 0 saturated heterocycles. The van der Waals surface area contributed by atoms with Crippen molar-refractivity contribution in [3.63, 3.8) is 0 Å². The fourth-order valence-corrected chi connectivity index (χ4v) is 1.50. The highest BCUT2D eigenvalue weighted by molar-refractivity contribution is 5.64. The molecule has 0 saturated carbocycles. The highest BCUT2D eigenvalue weighted by atomic mass is 19.2. The topological polar surface area (TPSA) is 58.6 Å². The third-order valence-corrected chi connectivity index (χ3v) is 2.67. The standard InChI is InChI=1S/C13H15F4NO3/c1-6(2)3-4-21-12-10(16)8(14)7(5-18-13(19)20)9(15)11(12)17/h6,18H,3-5H2,1-2H3,(H,19,20). The van der Waals surface area contributed by atoms with Gasteiger partial charge in [-0.2, -0.15) is 8.78 Å². The molecular formula is C13H15F4NO3. The van der Waals surface area contributed by atoms with Crippen LogP contribution in [0.5, 0.6) is 5.75 Å². The smallest absolute Gasteiger partial charge is 0.404 e. The van der Waals surface area contributed by atoms with E-state index in [4.69, 9.17) is 9.84 Å². The Balaban J connectivity index is 3.05. The van der Waals surface area contributed by atoms with Crippen molar-refractivity contribution in [1.82, 2.24) is 5.32 Å². The molecule has 0 aromatic heterocycles. The van der Waals surface area contributed by atoms with Gasteiger partial charge in [0.15, 0.2) is 17.4 Å². The summed E-state index contributed by atoms with van der Waals surface area (Å²) in [7, 11) is 0. The van der Waals surface area contributed by atoms with Crippen LogP contribution in [-0.2, 0) is 6.54 Å². The maximum atomic E-state index is 13.7. The van der Waals surface area contributed by atoms with Gasteiger partial charge in [-0.05, 0) is 12.3 Å². The van der Waals surface area contributed by atoms with Crippen molar-refractivity contribution in [3.8, 4) is 5.75 Å². The second-order valence-electron chi connectivity index (χ2n) is 4.75. The molecule has 0 radical (unpaired) electrons. The van der Waals surface area contributed by atoms with Crippen LogP contribution in [0.3, 0.4) is 0 Å². The Hall–Kier alpha value is -1.99. The normalized spacial score (nSPS) is 10.8. The van der Waals surface area contributed by atoms with Crippen LogP contribution in [0, 0.1) is 29.2 Å². The number of nitrogens with one attached hydrogen (secondary N) is 1. The van der Waals surface area contributed by atoms with E-state index in [9.17, 15) is 22.4 Å². The van der Waals surface area contributed by atoms with E-state index in [1.165, 1.54) is 0 Å². The number of hydrogen-bond acceptors (Lipinski definition) is 2. The van der Waals surface area contributed by atoms with E-state index in [0.29, 0.717) is 6.42 Å². The average molecular weight is 309 g/mol. The molecule has 0 spiro atoms. The maximum absolute atomic E-state index is 13.7. The zero-order valence-corrected chi connectivity index (χ0v) is 11.5. The molecule has 1 amide bonds. The minimum atomic E-state index is -1.68. The molecule has 1 aromatic rings. The zero-order chi connectivity index (χ0) is 16.2. The van der Waals surface area contributed by atoms with Gasteiger partial charge < -0.3 is 15.2 Å². The van der Waals surface area contributed by atoms with Crippen molar-refractivity contribution in [3.05, 3.63) is 28.8 Å². The van der Waals surface area contributed by atoms with E-state index in [0.717, 1.165) is 0 Å². The van der Waals surface area contributed by atoms with Crippen molar-refractivity contribution in [2.45, 2.75) is 26.8 Å². The molecule has 0 heterocycles. The second-order valence-corrected chi connectivity index (χ2v) is 4.75. The van der Waals surface area contributed by atoms with E-state index < -0.39 is 47.2 Å². The summed E-state index contributed by atoms with van der Waals surface area (Å²) in [5.41, 5.74) is -1.04. The van der Waals surface area contributed by atoms with Gasteiger partial charge in [0, 0.05) is 5.56 Å². The van der Waals surface area contributed by atoms with E-state index in [2.05, 4.69) is 0 Å². The first-order valence-corrected chi connectivity index (χ1v) is 6.20. The zero-order valence-electron chi connectivity index (χ0n) is 11.5. The van der Waals surface area contributed by atoms with Gasteiger partial charge in [0.25, 0.3) is 0 Å². The maximum Gasteiger partial charge on any atom is 0.404 e. The quantitative estimate of drug-likeness (QED) is 0.625. The Morgan fingerprint density at radius 3 is 2.10 bits per heavy atom. The van der Waals surface area contributed by atoms with E-state index >= 15 is 0 Å². The molecule has 0 aliphatic heterocycles. The Morgan fingerprint density at radius 2 is 1.67 bits per heavy atom. The first-order chi connectivity index (χ1) is 9.75. The summed E-state index contributed by atoms with van der Waals surface area (Å²) in [6.45, 7) is 2.69. The van der Waals surface area contributed by atoms with Gasteiger partial charge in [-0.3, -0.25) is 0 Å². The van der Waals surface area contributed by atoms with E-state index in [1.54, 1.807) is 5.32 Å². The van der Waals surface area contributed by atoms with Crippen LogP contribution in [0.4, 0.5) is 22.4 Å². The van der Waals surface area contributed by atoms with Crippen LogP contribution in [0.1, 0.15) is 25.8 Å². The highest BCUT2D eigenvalue weighted by Crippen LogP contribution is 2.30. The number of carbonyl (C=O) groups is 1. The summed E-state index contributed by atoms with van der Waals surface area (Å²) < 4.78 is 59.4. The average Bonchev–Trinajstić information content (AvgIpc) is 2.40. The SMILES string of the molecule is CC(C)CCOc1c(F)c(F)c(CNC(=O)O)c(F)c1F. The van der Waals surface area contributed by atoms with Gasteiger partial charge in [-0.1, -0.05) is 13.8 Å². The first kappa shape index (κ1) is 17.1. The molecule has 0 atom stereocenters. The van der Waals surface area contributed by atoms with Gasteiger partial charge in [0.1, 0.15) is 0 Å². The molecule has 1 aromatic carbocycles. The van der Waals surface area contributed by atoms with Crippen molar-refractivity contribution in [2.75, 3.05) is 6.61 Å². The Morgan fingerprint density at radius 1 is 1.14 bits per heavy atom. The third-order valence-electron chi connectivity index (χ3n) is 2.67. The molecule has 0 aliphatic carbocycles. The number of benzene rings is 1. The van der Waals surface area contributed by atoms with Crippen molar-refractivity contribution in [2.24, 2.45) is 5.92 Å². The minimum Gasteiger partial charge on any atom is -0.487 e. The summed E-state index contributed by atoms with van der Waals surface area (Å²) in [6, 6.07) is 0. The number of halogens is 4. The molecule has 8 heteroatoms. The third kappa shape index (κ3) is 4.24. The summed E-state index contributed by atoms with van der Waals surface area (Å²) in [6.07, 6.45) is -1.13. The molecule has 0 bridgehead atoms. The number of amides is 1. The van der Waals surface area contributed by atoms with Crippen molar-refractivity contribution >= 4 is 6.09 Å². The molecule has 21 heavy (non-hydrogen) atoms. The van der Waals surface area contributed by atoms with Crippen LogP contribution in [0.15, 0.2) is 0 Å². The van der Waals surface area contributed by atoms with Crippen LogP contribution < -0.4 is 10.1 Å². The van der Waals surface area contributed by atoms with Gasteiger partial charge in [0.2, 0.25) is 11.6 Å². The molecule has 0 unspecified atom stereocenters. The van der Waals surface area contributed by atoms with Crippen LogP contribution in [0.2, 0.25) is 0 Å². The van der Waals surface area contributed by atoms with Crippen molar-refractivity contribution in [1.29, 1.82) is 0 Å². The van der Waals surface area contributed by atoms with Crippen LogP contribution in [-0.4, -0.2) is 17.8 Å². The first-order valence-electron chi connectivity index (χ1n) is 6.20. The molecule has 4 nitrogen and oxygen atoms in total. The Bertz CT molecular complexity index is 506. The van der Waals surface area contributed by atoms with Crippen molar-refractivity contribution < 1.29 is 32.2 Å². The predicted octanol–water partition coefficient (Wildman–Crippen LogP) is 3.44. The Labute approximate surface area is 118 Å². The molecule has 118 valence electrons. The van der Waals surface area contributed by atoms with Gasteiger partial charge in [-0.25, -0.2) is 13.6 Å². The minimum absolute atomic E-state index is 0.100. The molecule has 0 aliphatic rings. The fraction of sp³-hybridized carbons (Fsp3) is 0.462. The highest BCUT2D eigenvalue weighted by Gasteiger charge is 2.26. The summed E-state index contributed by atoms with van der Waals surface area (Å²) >= 11 is 0. The van der Waals surface area contributed by atoms with E-state index in [1.807, 2.05) is 13.8 Å². The largest absolute Gasteiger partial charge is 0.487 e. The monoisotopic (exact) mass is 309 g/mol. The predicted molar refractivity (Wildman–Crippen MR) is 66.1 cm³/mol. The lowest BCUT2D eigenvalue weighted by atomic mass is 10.1. The second kappa shape index (κ2) is 7.14. The summed E-state index contributed by atoms with van der Waals surface area (Å²) in [4.78, 5) is 10.3. The number of rotatable bonds is 6. The number of carboxylic acid groups (broad SMARTS) is 1. The van der Waals surface area contributed by atoms with Gasteiger partial charge in [-0.15, -0.1) is 0 Å². The number of ether oxygens (including phenoxy) is 1. The van der Waals surface area contributed by atoms with Gasteiger partial charge in [0.05, 0.1) is 13.2 Å². The van der Waals surface area contributed by atoms with Gasteiger partial charge >= 0.3 is 6.09 Å². The lowest BCUT2D eigenvalue weighted by Gasteiger charge is -2.13. The summed E-state index contributed by atoms with van der Waals surface area (Å²) in [5.74, 6) is -7.67. The lowest BCUT2D eigenvalue weighted by molar-refractivity contribution is 0.193. The van der Waals surface area contributed by atoms with Crippen LogP contribution >= 0.6 is 0 Å². The molecular weight excluding hydrogens is 294 g/mol. The summed E-state index contributed by atoms with van der Waals surface area (Å²) in [5, 5.41) is 9.99. The molecule has 0 fully saturated rings. The van der Waals surface area contributed by atoms with Crippen LogP contribution in [0.25, 0.3) is 0 Å².